The number of amides is 1. The predicted octanol–water partition coefficient (Wildman–Crippen LogP) is 0.635. The van der Waals surface area contributed by atoms with Gasteiger partial charge in [-0.2, -0.15) is 0 Å². The lowest BCUT2D eigenvalue weighted by Crippen LogP contribution is -2.46. The maximum atomic E-state index is 12.0. The number of ether oxygens (including phenoxy) is 1. The van der Waals surface area contributed by atoms with E-state index in [1.807, 2.05) is 16.8 Å². The van der Waals surface area contributed by atoms with Gasteiger partial charge in [-0.15, -0.1) is 0 Å². The van der Waals surface area contributed by atoms with Gasteiger partial charge >= 0.3 is 0 Å². The molecule has 0 aliphatic carbocycles. The molecular weight excluding hydrogens is 220 g/mol. The zero-order chi connectivity index (χ0) is 12.9. The maximum Gasteiger partial charge on any atom is 0.268 e. The van der Waals surface area contributed by atoms with Gasteiger partial charge in [0.2, 0.25) is 0 Å². The van der Waals surface area contributed by atoms with Crippen LogP contribution in [0.1, 0.15) is 24.3 Å². The summed E-state index contributed by atoms with van der Waals surface area (Å²) in [6.45, 7) is 4.63. The number of hydrogen-bond acceptors (Lipinski definition) is 3. The number of aliphatic hydroxyl groups excluding tert-OH is 1. The van der Waals surface area contributed by atoms with E-state index in [-0.39, 0.29) is 12.5 Å². The number of carbonyl (C=O) groups excluding carboxylic acids is 1. The lowest BCUT2D eigenvalue weighted by atomic mass is 10.1. The van der Waals surface area contributed by atoms with E-state index in [1.165, 1.54) is 0 Å². The molecule has 0 spiro atoms. The van der Waals surface area contributed by atoms with Crippen molar-refractivity contribution in [2.75, 3.05) is 20.3 Å². The van der Waals surface area contributed by atoms with Crippen LogP contribution < -0.4 is 5.32 Å². The molecule has 0 aliphatic rings. The Bertz CT molecular complexity index is 372. The summed E-state index contributed by atoms with van der Waals surface area (Å²) in [5.41, 5.74) is -0.0449. The predicted molar refractivity (Wildman–Crippen MR) is 64.9 cm³/mol. The van der Waals surface area contributed by atoms with Crippen molar-refractivity contribution >= 4 is 5.91 Å². The van der Waals surface area contributed by atoms with Crippen molar-refractivity contribution in [2.45, 2.75) is 25.9 Å². The van der Waals surface area contributed by atoms with Crippen LogP contribution in [0.2, 0.25) is 0 Å². The third-order valence-corrected chi connectivity index (χ3v) is 2.45. The molecule has 0 radical (unpaired) electrons. The van der Waals surface area contributed by atoms with Gasteiger partial charge < -0.3 is 19.7 Å². The number of methoxy groups -OCH3 is 1. The number of nitrogens with zero attached hydrogens (tertiary/aromatic N) is 1. The van der Waals surface area contributed by atoms with E-state index in [1.54, 1.807) is 27.0 Å². The van der Waals surface area contributed by atoms with Crippen LogP contribution in [-0.2, 0) is 11.3 Å². The summed E-state index contributed by atoms with van der Waals surface area (Å²) in [7, 11) is 1.62. The zero-order valence-electron chi connectivity index (χ0n) is 10.6. The van der Waals surface area contributed by atoms with E-state index in [0.29, 0.717) is 18.8 Å². The van der Waals surface area contributed by atoms with Gasteiger partial charge in [0.1, 0.15) is 5.69 Å². The fourth-order valence-corrected chi connectivity index (χ4v) is 1.42. The van der Waals surface area contributed by atoms with Crippen LogP contribution in [0.4, 0.5) is 0 Å². The Balaban J connectivity index is 2.72. The van der Waals surface area contributed by atoms with E-state index in [0.717, 1.165) is 0 Å². The maximum absolute atomic E-state index is 12.0. The molecular formula is C12H20N2O3. The molecule has 1 heterocycles. The Morgan fingerprint density at radius 1 is 1.59 bits per heavy atom. The highest BCUT2D eigenvalue weighted by Gasteiger charge is 2.21. The fourth-order valence-electron chi connectivity index (χ4n) is 1.42. The first kappa shape index (κ1) is 13.7. The van der Waals surface area contributed by atoms with Crippen LogP contribution in [-0.4, -0.2) is 41.4 Å². The van der Waals surface area contributed by atoms with Gasteiger partial charge in [0.15, 0.2) is 0 Å². The Labute approximate surface area is 101 Å². The molecule has 0 atom stereocenters. The standard InChI is InChI=1S/C12H20N2O3/c1-12(2,9-15)13-11(16)10-5-4-6-14(10)7-8-17-3/h4-6,15H,7-9H2,1-3H3,(H,13,16). The number of carbonyl (C=O) groups is 1. The Hall–Kier alpha value is -1.33. The van der Waals surface area contributed by atoms with Gasteiger partial charge in [-0.1, -0.05) is 0 Å². The van der Waals surface area contributed by atoms with Crippen LogP contribution in [0.3, 0.4) is 0 Å². The van der Waals surface area contributed by atoms with Crippen LogP contribution in [0.5, 0.6) is 0 Å². The summed E-state index contributed by atoms with van der Waals surface area (Å²) in [5, 5.41) is 11.9. The summed E-state index contributed by atoms with van der Waals surface area (Å²) in [5.74, 6) is -0.190. The zero-order valence-corrected chi connectivity index (χ0v) is 10.6. The van der Waals surface area contributed by atoms with Gasteiger partial charge in [-0.05, 0) is 26.0 Å². The minimum absolute atomic E-state index is 0.0997. The average Bonchev–Trinajstić information content (AvgIpc) is 2.74. The molecule has 5 heteroatoms. The fraction of sp³-hybridized carbons (Fsp3) is 0.583. The highest BCUT2D eigenvalue weighted by Crippen LogP contribution is 2.06. The minimum Gasteiger partial charge on any atom is -0.394 e. The topological polar surface area (TPSA) is 63.5 Å². The van der Waals surface area contributed by atoms with Crippen LogP contribution in [0.15, 0.2) is 18.3 Å². The summed E-state index contributed by atoms with van der Waals surface area (Å²) in [6, 6.07) is 3.56. The van der Waals surface area contributed by atoms with Crippen LogP contribution >= 0.6 is 0 Å². The van der Waals surface area contributed by atoms with Gasteiger partial charge in [-0.3, -0.25) is 4.79 Å². The van der Waals surface area contributed by atoms with Crippen LogP contribution in [0.25, 0.3) is 0 Å². The van der Waals surface area contributed by atoms with Gasteiger partial charge in [0.05, 0.1) is 18.8 Å². The van der Waals surface area contributed by atoms with Crippen molar-refractivity contribution in [3.8, 4) is 0 Å². The minimum atomic E-state index is -0.618. The molecule has 1 amide bonds. The molecule has 1 aromatic heterocycles. The smallest absolute Gasteiger partial charge is 0.268 e. The lowest BCUT2D eigenvalue weighted by Gasteiger charge is -2.23. The summed E-state index contributed by atoms with van der Waals surface area (Å²) >= 11 is 0. The molecule has 0 saturated heterocycles. The highest BCUT2D eigenvalue weighted by atomic mass is 16.5. The third kappa shape index (κ3) is 3.87. The van der Waals surface area contributed by atoms with Crippen molar-refractivity contribution in [1.29, 1.82) is 0 Å². The third-order valence-electron chi connectivity index (χ3n) is 2.45. The second-order valence-electron chi connectivity index (χ2n) is 4.58. The number of aliphatic hydroxyl groups is 1. The molecule has 0 aliphatic heterocycles. The lowest BCUT2D eigenvalue weighted by molar-refractivity contribution is 0.0857. The Morgan fingerprint density at radius 2 is 2.29 bits per heavy atom. The average molecular weight is 240 g/mol. The van der Waals surface area contributed by atoms with E-state index in [4.69, 9.17) is 9.84 Å². The first-order valence-electron chi connectivity index (χ1n) is 5.57. The molecule has 1 aromatic rings. The largest absolute Gasteiger partial charge is 0.394 e. The van der Waals surface area contributed by atoms with E-state index >= 15 is 0 Å². The summed E-state index contributed by atoms with van der Waals surface area (Å²) in [4.78, 5) is 12.0. The van der Waals surface area contributed by atoms with Crippen molar-refractivity contribution in [3.05, 3.63) is 24.0 Å². The SMILES string of the molecule is COCCn1cccc1C(=O)NC(C)(C)CO. The summed E-state index contributed by atoms with van der Waals surface area (Å²) < 4.78 is 6.81. The molecule has 96 valence electrons. The Kier molecular flexibility index (Phi) is 4.72. The number of aromatic nitrogens is 1. The normalized spacial score (nSPS) is 11.5. The molecule has 0 aromatic carbocycles. The molecule has 17 heavy (non-hydrogen) atoms. The van der Waals surface area contributed by atoms with Gasteiger partial charge in [0.25, 0.3) is 5.91 Å². The first-order valence-corrected chi connectivity index (χ1v) is 5.57. The van der Waals surface area contributed by atoms with Crippen molar-refractivity contribution in [3.63, 3.8) is 0 Å². The van der Waals surface area contributed by atoms with Crippen molar-refractivity contribution < 1.29 is 14.6 Å². The van der Waals surface area contributed by atoms with E-state index < -0.39 is 5.54 Å². The highest BCUT2D eigenvalue weighted by molar-refractivity contribution is 5.93. The van der Waals surface area contributed by atoms with Gasteiger partial charge in [-0.25, -0.2) is 0 Å². The molecule has 2 N–H and O–H groups in total. The number of hydrogen-bond donors (Lipinski definition) is 2. The Morgan fingerprint density at radius 3 is 2.88 bits per heavy atom. The monoisotopic (exact) mass is 240 g/mol. The number of rotatable bonds is 6. The molecule has 0 saturated carbocycles. The van der Waals surface area contributed by atoms with Crippen LogP contribution in [0, 0.1) is 0 Å². The molecule has 0 fully saturated rings. The second kappa shape index (κ2) is 5.84. The second-order valence-corrected chi connectivity index (χ2v) is 4.58. The summed E-state index contributed by atoms with van der Waals surface area (Å²) in [6.07, 6.45) is 1.83. The quantitative estimate of drug-likeness (QED) is 0.767. The van der Waals surface area contributed by atoms with E-state index in [9.17, 15) is 4.79 Å². The molecule has 5 nitrogen and oxygen atoms in total. The van der Waals surface area contributed by atoms with Gasteiger partial charge in [0, 0.05) is 19.9 Å². The first-order chi connectivity index (χ1) is 8.00. The molecule has 0 bridgehead atoms. The van der Waals surface area contributed by atoms with E-state index in [2.05, 4.69) is 5.32 Å². The van der Waals surface area contributed by atoms with Crippen molar-refractivity contribution in [2.24, 2.45) is 0 Å². The molecule has 1 rings (SSSR count). The number of nitrogens with one attached hydrogen (secondary N) is 1. The van der Waals surface area contributed by atoms with Crippen molar-refractivity contribution in [1.82, 2.24) is 9.88 Å². The molecule has 0 unspecified atom stereocenters.